The van der Waals surface area contributed by atoms with Crippen LogP contribution in [-0.2, 0) is 11.3 Å². The monoisotopic (exact) mass is 389 g/mol. The van der Waals surface area contributed by atoms with Gasteiger partial charge in [0.05, 0.1) is 17.6 Å². The highest BCUT2D eigenvalue weighted by atomic mass is 16.6. The second-order valence-corrected chi connectivity index (χ2v) is 6.86. The molecule has 0 bridgehead atoms. The average Bonchev–Trinajstić information content (AvgIpc) is 2.78. The van der Waals surface area contributed by atoms with Crippen LogP contribution < -0.4 is 4.90 Å². The quantitative estimate of drug-likeness (QED) is 0.382. The number of hydrogen-bond donors (Lipinski definition) is 0. The van der Waals surface area contributed by atoms with E-state index in [4.69, 9.17) is 0 Å². The van der Waals surface area contributed by atoms with E-state index in [1.807, 2.05) is 41.3 Å². The Balaban J connectivity index is 1.78. The summed E-state index contributed by atoms with van der Waals surface area (Å²) in [4.78, 5) is 29.2. The number of carbonyl (C=O) groups excluding carboxylic acids is 1. The summed E-state index contributed by atoms with van der Waals surface area (Å²) < 4.78 is 4.66. The van der Waals surface area contributed by atoms with Crippen molar-refractivity contribution in [3.8, 4) is 0 Å². The predicted molar refractivity (Wildman–Crippen MR) is 108 cm³/mol. The molecule has 29 heavy (non-hydrogen) atoms. The number of ether oxygens (including phenoxy) is 1. The van der Waals surface area contributed by atoms with Crippen LogP contribution in [0.3, 0.4) is 0 Å². The minimum atomic E-state index is -0.654. The van der Waals surface area contributed by atoms with Crippen LogP contribution >= 0.6 is 0 Å². The first kappa shape index (κ1) is 18.6. The maximum Gasteiger partial charge on any atom is 0.339 e. The number of benzene rings is 2. The van der Waals surface area contributed by atoms with Gasteiger partial charge in [-0.2, -0.15) is 0 Å². The maximum atomic E-state index is 11.8. The van der Waals surface area contributed by atoms with Crippen molar-refractivity contribution in [1.29, 1.82) is 0 Å². The lowest BCUT2D eigenvalue weighted by molar-refractivity contribution is -0.384. The van der Waals surface area contributed by atoms with E-state index in [0.29, 0.717) is 13.1 Å². The summed E-state index contributed by atoms with van der Waals surface area (Å²) in [5.41, 5.74) is 3.29. The standard InChI is InChI=1S/C22H19N3O4/c1-29-22(26)17-11-20(25(27)28)21(23-12-17)24-13-16-9-5-6-10-18(16)19(14-24)15-7-3-2-4-8-15/h2-12,19H,13-14H2,1H3. The van der Waals surface area contributed by atoms with E-state index in [9.17, 15) is 14.9 Å². The number of nitro groups is 1. The summed E-state index contributed by atoms with van der Waals surface area (Å²) >= 11 is 0. The van der Waals surface area contributed by atoms with Crippen LogP contribution in [0.15, 0.2) is 66.9 Å². The van der Waals surface area contributed by atoms with Crippen molar-refractivity contribution in [3.05, 3.63) is 99.2 Å². The van der Waals surface area contributed by atoms with Gasteiger partial charge in [-0.1, -0.05) is 54.6 Å². The van der Waals surface area contributed by atoms with Crippen LogP contribution in [0.2, 0.25) is 0 Å². The number of methoxy groups -OCH3 is 1. The van der Waals surface area contributed by atoms with Gasteiger partial charge in [-0.05, 0) is 16.7 Å². The summed E-state index contributed by atoms with van der Waals surface area (Å²) in [6.45, 7) is 1.05. The molecule has 0 saturated carbocycles. The number of esters is 1. The van der Waals surface area contributed by atoms with E-state index in [1.54, 1.807) is 0 Å². The van der Waals surface area contributed by atoms with Crippen LogP contribution in [-0.4, -0.2) is 29.5 Å². The zero-order valence-electron chi connectivity index (χ0n) is 15.8. The molecule has 1 unspecified atom stereocenters. The first-order valence-corrected chi connectivity index (χ1v) is 9.19. The van der Waals surface area contributed by atoms with Gasteiger partial charge in [-0.3, -0.25) is 10.1 Å². The van der Waals surface area contributed by atoms with E-state index < -0.39 is 10.9 Å². The molecule has 1 aromatic heterocycles. The lowest BCUT2D eigenvalue weighted by Crippen LogP contribution is -2.35. The molecule has 7 heteroatoms. The molecule has 0 amide bonds. The molecule has 0 N–H and O–H groups in total. The Morgan fingerprint density at radius 2 is 1.90 bits per heavy atom. The second-order valence-electron chi connectivity index (χ2n) is 6.86. The molecular weight excluding hydrogens is 370 g/mol. The van der Waals surface area contributed by atoms with Crippen molar-refractivity contribution in [2.75, 3.05) is 18.6 Å². The highest BCUT2D eigenvalue weighted by Crippen LogP contribution is 2.37. The zero-order chi connectivity index (χ0) is 20.4. The van der Waals surface area contributed by atoms with E-state index in [1.165, 1.54) is 24.9 Å². The van der Waals surface area contributed by atoms with Gasteiger partial charge in [0.1, 0.15) is 0 Å². The minimum Gasteiger partial charge on any atom is -0.465 e. The van der Waals surface area contributed by atoms with Gasteiger partial charge in [-0.25, -0.2) is 9.78 Å². The third kappa shape index (κ3) is 3.54. The molecule has 1 aliphatic rings. The van der Waals surface area contributed by atoms with Crippen molar-refractivity contribution in [2.24, 2.45) is 0 Å². The molecule has 4 rings (SSSR count). The smallest absolute Gasteiger partial charge is 0.339 e. The largest absolute Gasteiger partial charge is 0.465 e. The molecule has 1 aliphatic heterocycles. The van der Waals surface area contributed by atoms with Gasteiger partial charge >= 0.3 is 11.7 Å². The molecule has 0 spiro atoms. The SMILES string of the molecule is COC(=O)c1cnc(N2Cc3ccccc3C(c3ccccc3)C2)c([N+](=O)[O-])c1. The zero-order valence-corrected chi connectivity index (χ0v) is 15.8. The summed E-state index contributed by atoms with van der Waals surface area (Å²) in [5, 5.41) is 11.7. The van der Waals surface area contributed by atoms with Crippen LogP contribution in [0.5, 0.6) is 0 Å². The topological polar surface area (TPSA) is 85.6 Å². The van der Waals surface area contributed by atoms with Crippen LogP contribution in [0.25, 0.3) is 0 Å². The van der Waals surface area contributed by atoms with Gasteiger partial charge in [0.15, 0.2) is 0 Å². The molecule has 7 nitrogen and oxygen atoms in total. The molecule has 1 atom stereocenters. The Hall–Kier alpha value is -3.74. The highest BCUT2D eigenvalue weighted by molar-refractivity contribution is 5.90. The molecule has 0 radical (unpaired) electrons. The van der Waals surface area contributed by atoms with E-state index >= 15 is 0 Å². The summed E-state index contributed by atoms with van der Waals surface area (Å²) in [6, 6.07) is 19.4. The fraction of sp³-hybridized carbons (Fsp3) is 0.182. The van der Waals surface area contributed by atoms with Crippen molar-refractivity contribution in [2.45, 2.75) is 12.5 Å². The molecule has 0 fully saturated rings. The van der Waals surface area contributed by atoms with Gasteiger partial charge in [-0.15, -0.1) is 0 Å². The lowest BCUT2D eigenvalue weighted by Gasteiger charge is -2.35. The van der Waals surface area contributed by atoms with Gasteiger partial charge in [0.25, 0.3) is 0 Å². The van der Waals surface area contributed by atoms with Gasteiger partial charge in [0.2, 0.25) is 5.82 Å². The normalized spacial score (nSPS) is 15.5. The van der Waals surface area contributed by atoms with E-state index in [0.717, 1.165) is 11.1 Å². The minimum absolute atomic E-state index is 0.0555. The van der Waals surface area contributed by atoms with Crippen molar-refractivity contribution >= 4 is 17.5 Å². The van der Waals surface area contributed by atoms with Crippen LogP contribution in [0, 0.1) is 10.1 Å². The fourth-order valence-corrected chi connectivity index (χ4v) is 3.79. The Labute approximate surface area is 167 Å². The number of hydrogen-bond acceptors (Lipinski definition) is 6. The fourth-order valence-electron chi connectivity index (χ4n) is 3.79. The molecule has 146 valence electrons. The molecule has 2 heterocycles. The van der Waals surface area contributed by atoms with Crippen molar-refractivity contribution < 1.29 is 14.5 Å². The number of anilines is 1. The number of pyridine rings is 1. The van der Waals surface area contributed by atoms with Crippen molar-refractivity contribution in [3.63, 3.8) is 0 Å². The van der Waals surface area contributed by atoms with Gasteiger partial charge < -0.3 is 9.64 Å². The molecule has 0 saturated heterocycles. The van der Waals surface area contributed by atoms with Crippen molar-refractivity contribution in [1.82, 2.24) is 4.98 Å². The number of aromatic nitrogens is 1. The lowest BCUT2D eigenvalue weighted by atomic mass is 9.84. The summed E-state index contributed by atoms with van der Waals surface area (Å²) in [6.07, 6.45) is 1.33. The first-order valence-electron chi connectivity index (χ1n) is 9.19. The first-order chi connectivity index (χ1) is 14.1. The maximum absolute atomic E-state index is 11.8. The molecule has 2 aromatic carbocycles. The number of rotatable bonds is 4. The Morgan fingerprint density at radius 3 is 2.62 bits per heavy atom. The average molecular weight is 389 g/mol. The van der Waals surface area contributed by atoms with Crippen LogP contribution in [0.1, 0.15) is 33.0 Å². The Bertz CT molecular complexity index is 1070. The number of fused-ring (bicyclic) bond motifs is 1. The Kier molecular flexibility index (Phi) is 4.95. The van der Waals surface area contributed by atoms with Gasteiger partial charge in [0, 0.05) is 31.3 Å². The molecular formula is C22H19N3O4. The van der Waals surface area contributed by atoms with Crippen LogP contribution in [0.4, 0.5) is 11.5 Å². The Morgan fingerprint density at radius 1 is 1.17 bits per heavy atom. The summed E-state index contributed by atoms with van der Waals surface area (Å²) in [7, 11) is 1.23. The predicted octanol–water partition coefficient (Wildman–Crippen LogP) is 3.93. The number of nitrogens with zero attached hydrogens (tertiary/aromatic N) is 3. The number of carbonyl (C=O) groups is 1. The second kappa shape index (κ2) is 7.71. The third-order valence-corrected chi connectivity index (χ3v) is 5.16. The third-order valence-electron chi connectivity index (χ3n) is 5.16. The van der Waals surface area contributed by atoms with E-state index in [-0.39, 0.29) is 23.0 Å². The molecule has 3 aromatic rings. The highest BCUT2D eigenvalue weighted by Gasteiger charge is 2.31. The van der Waals surface area contributed by atoms with E-state index in [2.05, 4.69) is 27.9 Å². The molecule has 0 aliphatic carbocycles. The summed E-state index contributed by atoms with van der Waals surface area (Å²) in [5.74, 6) is -0.348.